The second kappa shape index (κ2) is 8.26. The summed E-state index contributed by atoms with van der Waals surface area (Å²) in [6.07, 6.45) is 3.41. The smallest absolute Gasteiger partial charge is 0.339 e. The Morgan fingerprint density at radius 1 is 1.00 bits per heavy atom. The monoisotopic (exact) mass is 418 g/mol. The highest BCUT2D eigenvalue weighted by molar-refractivity contribution is 6.06. The number of hydrogen-bond acceptors (Lipinski definition) is 6. The number of rotatable bonds is 4. The van der Waals surface area contributed by atoms with Crippen LogP contribution >= 0.6 is 0 Å². The molecule has 1 aliphatic heterocycles. The van der Waals surface area contributed by atoms with Crippen LogP contribution in [-0.2, 0) is 22.4 Å². The van der Waals surface area contributed by atoms with E-state index in [1.807, 2.05) is 24.3 Å². The average Bonchev–Trinajstić information content (AvgIpc) is 3.12. The molecule has 0 saturated heterocycles. The molecule has 0 unspecified atom stereocenters. The average molecular weight is 418 g/mol. The van der Waals surface area contributed by atoms with Gasteiger partial charge >= 0.3 is 5.97 Å². The van der Waals surface area contributed by atoms with Gasteiger partial charge in [-0.05, 0) is 43.0 Å². The summed E-state index contributed by atoms with van der Waals surface area (Å²) in [6.45, 7) is 0.785. The van der Waals surface area contributed by atoms with Gasteiger partial charge < -0.3 is 19.5 Å². The number of benzene rings is 2. The van der Waals surface area contributed by atoms with Gasteiger partial charge in [0.1, 0.15) is 0 Å². The maximum Gasteiger partial charge on any atom is 0.339 e. The third-order valence-corrected chi connectivity index (χ3v) is 5.49. The minimum absolute atomic E-state index is 0.376. The summed E-state index contributed by atoms with van der Waals surface area (Å²) in [5.74, 6) is 0.329. The van der Waals surface area contributed by atoms with Crippen LogP contribution < -0.4 is 14.8 Å². The van der Waals surface area contributed by atoms with Crippen LogP contribution in [0.4, 0.5) is 5.69 Å². The Hall–Kier alpha value is -3.61. The van der Waals surface area contributed by atoms with Gasteiger partial charge in [-0.2, -0.15) is 0 Å². The lowest BCUT2D eigenvalue weighted by Gasteiger charge is -2.13. The van der Waals surface area contributed by atoms with Crippen molar-refractivity contribution in [3.63, 3.8) is 0 Å². The molecule has 0 radical (unpaired) electrons. The second-order valence-electron chi connectivity index (χ2n) is 7.62. The van der Waals surface area contributed by atoms with Gasteiger partial charge in [-0.25, -0.2) is 4.79 Å². The van der Waals surface area contributed by atoms with Crippen molar-refractivity contribution in [2.75, 3.05) is 25.1 Å². The Morgan fingerprint density at radius 3 is 2.74 bits per heavy atom. The number of esters is 1. The number of ether oxygens (including phenoxy) is 3. The zero-order chi connectivity index (χ0) is 21.2. The standard InChI is InChI=1S/C24H22N2O5/c27-22(25-15-9-10-20-21(13-15)30-12-4-11-29-20)14-31-24(28)23-16-5-1-2-7-18(16)26-19-8-3-6-17(19)23/h1-2,5,7,9-10,13H,3-4,6,8,11-12,14H2,(H,25,27). The second-order valence-corrected chi connectivity index (χ2v) is 7.62. The van der Waals surface area contributed by atoms with E-state index in [9.17, 15) is 9.59 Å². The molecule has 0 fully saturated rings. The van der Waals surface area contributed by atoms with Crippen molar-refractivity contribution in [2.45, 2.75) is 25.7 Å². The van der Waals surface area contributed by atoms with Crippen molar-refractivity contribution in [1.29, 1.82) is 0 Å². The minimum atomic E-state index is -0.495. The van der Waals surface area contributed by atoms with Crippen molar-refractivity contribution in [2.24, 2.45) is 0 Å². The molecule has 0 bridgehead atoms. The SMILES string of the molecule is O=C(COC(=O)c1c2c(nc3ccccc13)CCC2)Nc1ccc2c(c1)OCCCO2. The molecule has 2 heterocycles. The normalized spacial score (nSPS) is 14.6. The number of hydrogen-bond donors (Lipinski definition) is 1. The highest BCUT2D eigenvalue weighted by atomic mass is 16.5. The summed E-state index contributed by atoms with van der Waals surface area (Å²) in [6, 6.07) is 12.7. The van der Waals surface area contributed by atoms with Crippen LogP contribution in [-0.4, -0.2) is 36.7 Å². The van der Waals surface area contributed by atoms with E-state index in [2.05, 4.69) is 10.3 Å². The first kappa shape index (κ1) is 19.4. The van der Waals surface area contributed by atoms with Crippen molar-refractivity contribution in [3.05, 3.63) is 59.3 Å². The molecule has 7 nitrogen and oxygen atoms in total. The van der Waals surface area contributed by atoms with Crippen LogP contribution in [0.15, 0.2) is 42.5 Å². The van der Waals surface area contributed by atoms with Gasteiger partial charge in [-0.3, -0.25) is 9.78 Å². The number of amides is 1. The molecule has 3 aromatic rings. The van der Waals surface area contributed by atoms with Crippen molar-refractivity contribution in [3.8, 4) is 11.5 Å². The Balaban J connectivity index is 1.29. The molecule has 5 rings (SSSR count). The first-order valence-electron chi connectivity index (χ1n) is 10.5. The third-order valence-electron chi connectivity index (χ3n) is 5.49. The molecule has 158 valence electrons. The Bertz CT molecular complexity index is 1170. The molecule has 1 amide bonds. The molecule has 2 aromatic carbocycles. The zero-order valence-electron chi connectivity index (χ0n) is 17.0. The maximum absolute atomic E-state index is 12.9. The van der Waals surface area contributed by atoms with E-state index in [4.69, 9.17) is 14.2 Å². The lowest BCUT2D eigenvalue weighted by atomic mass is 10.0. The number of carbonyl (C=O) groups excluding carboxylic acids is 2. The van der Waals surface area contributed by atoms with E-state index in [0.717, 1.165) is 47.8 Å². The maximum atomic E-state index is 12.9. The molecule has 31 heavy (non-hydrogen) atoms. The topological polar surface area (TPSA) is 86.8 Å². The number of pyridine rings is 1. The largest absolute Gasteiger partial charge is 0.490 e. The number of anilines is 1. The van der Waals surface area contributed by atoms with E-state index in [1.165, 1.54) is 0 Å². The third kappa shape index (κ3) is 3.91. The Morgan fingerprint density at radius 2 is 1.84 bits per heavy atom. The number of aryl methyl sites for hydroxylation is 1. The molecule has 1 aliphatic carbocycles. The fourth-order valence-corrected chi connectivity index (χ4v) is 4.09. The molecular weight excluding hydrogens is 396 g/mol. The van der Waals surface area contributed by atoms with Crippen LogP contribution in [0.25, 0.3) is 10.9 Å². The van der Waals surface area contributed by atoms with Gasteiger partial charge in [0, 0.05) is 29.3 Å². The molecule has 0 saturated carbocycles. The van der Waals surface area contributed by atoms with Gasteiger partial charge in [0.05, 0.1) is 24.3 Å². The lowest BCUT2D eigenvalue weighted by Crippen LogP contribution is -2.21. The van der Waals surface area contributed by atoms with Gasteiger partial charge in [0.25, 0.3) is 5.91 Å². The fourth-order valence-electron chi connectivity index (χ4n) is 4.09. The van der Waals surface area contributed by atoms with E-state index in [1.54, 1.807) is 18.2 Å². The van der Waals surface area contributed by atoms with Crippen LogP contribution in [0.5, 0.6) is 11.5 Å². The van der Waals surface area contributed by atoms with Crippen LogP contribution in [0, 0.1) is 0 Å². The number of nitrogens with zero attached hydrogens (tertiary/aromatic N) is 1. The molecule has 7 heteroatoms. The molecule has 1 N–H and O–H groups in total. The van der Waals surface area contributed by atoms with Crippen LogP contribution in [0.2, 0.25) is 0 Å². The number of fused-ring (bicyclic) bond motifs is 3. The molecule has 0 spiro atoms. The Kier molecular flexibility index (Phi) is 5.16. The summed E-state index contributed by atoms with van der Waals surface area (Å²) >= 11 is 0. The highest BCUT2D eigenvalue weighted by Crippen LogP contribution is 2.32. The van der Waals surface area contributed by atoms with Crippen molar-refractivity contribution < 1.29 is 23.8 Å². The number of aromatic nitrogens is 1. The number of carbonyl (C=O) groups is 2. The van der Waals surface area contributed by atoms with E-state index >= 15 is 0 Å². The van der Waals surface area contributed by atoms with Gasteiger partial charge in [-0.15, -0.1) is 0 Å². The lowest BCUT2D eigenvalue weighted by molar-refractivity contribution is -0.119. The van der Waals surface area contributed by atoms with Crippen LogP contribution in [0.1, 0.15) is 34.5 Å². The molecule has 2 aliphatic rings. The van der Waals surface area contributed by atoms with Crippen LogP contribution in [0.3, 0.4) is 0 Å². The summed E-state index contributed by atoms with van der Waals surface area (Å²) in [7, 11) is 0. The fraction of sp³-hybridized carbons (Fsp3) is 0.292. The zero-order valence-corrected chi connectivity index (χ0v) is 17.0. The number of para-hydroxylation sites is 1. The summed E-state index contributed by atoms with van der Waals surface area (Å²) in [5, 5.41) is 3.51. The first-order chi connectivity index (χ1) is 15.2. The molecule has 1 aromatic heterocycles. The van der Waals surface area contributed by atoms with Crippen molar-refractivity contribution >= 4 is 28.5 Å². The molecular formula is C24H22N2O5. The predicted octanol–water partition coefficient (Wildman–Crippen LogP) is 3.68. The van der Waals surface area contributed by atoms with E-state index in [0.29, 0.717) is 36.0 Å². The highest BCUT2D eigenvalue weighted by Gasteiger charge is 2.25. The molecule has 0 atom stereocenters. The first-order valence-corrected chi connectivity index (χ1v) is 10.5. The van der Waals surface area contributed by atoms with Gasteiger partial charge in [0.15, 0.2) is 18.1 Å². The van der Waals surface area contributed by atoms with E-state index < -0.39 is 11.9 Å². The summed E-state index contributed by atoms with van der Waals surface area (Å²) < 4.78 is 16.6. The van der Waals surface area contributed by atoms with Crippen molar-refractivity contribution in [1.82, 2.24) is 4.98 Å². The minimum Gasteiger partial charge on any atom is -0.490 e. The summed E-state index contributed by atoms with van der Waals surface area (Å²) in [4.78, 5) is 30.0. The number of nitrogens with one attached hydrogen (secondary N) is 1. The van der Waals surface area contributed by atoms with E-state index in [-0.39, 0.29) is 6.61 Å². The van der Waals surface area contributed by atoms with Gasteiger partial charge in [0.2, 0.25) is 0 Å². The predicted molar refractivity (Wildman–Crippen MR) is 115 cm³/mol. The Labute approximate surface area is 179 Å². The summed E-state index contributed by atoms with van der Waals surface area (Å²) in [5.41, 5.74) is 3.74. The quantitative estimate of drug-likeness (QED) is 0.651. The van der Waals surface area contributed by atoms with Gasteiger partial charge in [-0.1, -0.05) is 18.2 Å².